The lowest BCUT2D eigenvalue weighted by Crippen LogP contribution is -2.22. The first-order chi connectivity index (χ1) is 9.11. The van der Waals surface area contributed by atoms with Gasteiger partial charge in [-0.3, -0.25) is 4.79 Å². The minimum Gasteiger partial charge on any atom is -0.360 e. The molecular formula is C13H18N4OS. The number of hydrogen-bond donors (Lipinski definition) is 1. The number of aromatic nitrogens is 3. The smallest absolute Gasteiger partial charge is 0.260 e. The van der Waals surface area contributed by atoms with Crippen LogP contribution in [0.15, 0.2) is 23.1 Å². The van der Waals surface area contributed by atoms with E-state index in [9.17, 15) is 4.79 Å². The van der Waals surface area contributed by atoms with Gasteiger partial charge in [-0.25, -0.2) is 0 Å². The van der Waals surface area contributed by atoms with Gasteiger partial charge in [-0.2, -0.15) is 0 Å². The molecular weight excluding hydrogens is 260 g/mol. The van der Waals surface area contributed by atoms with Gasteiger partial charge < -0.3 is 9.88 Å². The lowest BCUT2D eigenvalue weighted by Gasteiger charge is -2.08. The highest BCUT2D eigenvalue weighted by molar-refractivity contribution is 7.18. The summed E-state index contributed by atoms with van der Waals surface area (Å²) in [7, 11) is 0. The van der Waals surface area contributed by atoms with E-state index in [4.69, 9.17) is 0 Å². The Bertz CT molecular complexity index is 603. The summed E-state index contributed by atoms with van der Waals surface area (Å²) in [6, 6.07) is 3.68. The van der Waals surface area contributed by atoms with E-state index in [1.165, 1.54) is 11.3 Å². The van der Waals surface area contributed by atoms with Crippen molar-refractivity contribution in [2.45, 2.75) is 27.3 Å². The Morgan fingerprint density at radius 1 is 1.42 bits per heavy atom. The summed E-state index contributed by atoms with van der Waals surface area (Å²) in [6.45, 7) is 7.69. The van der Waals surface area contributed by atoms with Crippen LogP contribution in [0.4, 0.5) is 5.13 Å². The molecule has 0 saturated heterocycles. The van der Waals surface area contributed by atoms with Crippen LogP contribution in [0, 0.1) is 5.92 Å². The summed E-state index contributed by atoms with van der Waals surface area (Å²) < 4.78 is 1.73. The summed E-state index contributed by atoms with van der Waals surface area (Å²) in [6.07, 6.45) is 1.82. The highest BCUT2D eigenvalue weighted by atomic mass is 32.1. The molecule has 2 heterocycles. The third-order valence-electron chi connectivity index (χ3n) is 2.57. The van der Waals surface area contributed by atoms with Crippen molar-refractivity contribution in [3.05, 3.63) is 28.7 Å². The third-order valence-corrected chi connectivity index (χ3v) is 3.48. The fraction of sp³-hybridized carbons (Fsp3) is 0.462. The van der Waals surface area contributed by atoms with Crippen LogP contribution in [0.5, 0.6) is 0 Å². The maximum Gasteiger partial charge on any atom is 0.260 e. The third kappa shape index (κ3) is 3.20. The van der Waals surface area contributed by atoms with Gasteiger partial charge in [0.05, 0.1) is 5.56 Å². The summed E-state index contributed by atoms with van der Waals surface area (Å²) in [4.78, 5) is 12.4. The Hall–Kier alpha value is -1.69. The lowest BCUT2D eigenvalue weighted by atomic mass is 10.2. The van der Waals surface area contributed by atoms with E-state index in [0.717, 1.165) is 11.7 Å². The molecule has 0 atom stereocenters. The zero-order valence-electron chi connectivity index (χ0n) is 11.4. The van der Waals surface area contributed by atoms with Gasteiger partial charge in [0.15, 0.2) is 5.01 Å². The van der Waals surface area contributed by atoms with Crippen molar-refractivity contribution in [1.29, 1.82) is 0 Å². The Labute approximate surface area is 116 Å². The van der Waals surface area contributed by atoms with E-state index < -0.39 is 0 Å². The van der Waals surface area contributed by atoms with E-state index >= 15 is 0 Å². The molecule has 0 unspecified atom stereocenters. The summed E-state index contributed by atoms with van der Waals surface area (Å²) in [5.41, 5.74) is 0.611. The predicted molar refractivity (Wildman–Crippen MR) is 78.6 cm³/mol. The van der Waals surface area contributed by atoms with Crippen molar-refractivity contribution in [3.8, 4) is 10.6 Å². The second-order valence-electron chi connectivity index (χ2n) is 4.72. The fourth-order valence-corrected chi connectivity index (χ4v) is 2.62. The molecule has 0 bridgehead atoms. The van der Waals surface area contributed by atoms with Crippen molar-refractivity contribution in [2.75, 3.05) is 11.9 Å². The fourth-order valence-electron chi connectivity index (χ4n) is 1.79. The number of nitrogens with one attached hydrogen (secondary N) is 1. The highest BCUT2D eigenvalue weighted by Crippen LogP contribution is 2.23. The maximum absolute atomic E-state index is 12.4. The van der Waals surface area contributed by atoms with Crippen molar-refractivity contribution >= 4 is 16.5 Å². The average Bonchev–Trinajstić information content (AvgIpc) is 2.80. The molecule has 1 N–H and O–H groups in total. The predicted octanol–water partition coefficient (Wildman–Crippen LogP) is 2.45. The van der Waals surface area contributed by atoms with Gasteiger partial charge >= 0.3 is 0 Å². The van der Waals surface area contributed by atoms with Crippen molar-refractivity contribution in [3.63, 3.8) is 0 Å². The van der Waals surface area contributed by atoms with Crippen LogP contribution in [0.2, 0.25) is 0 Å². The van der Waals surface area contributed by atoms with Crippen LogP contribution in [0.3, 0.4) is 0 Å². The van der Waals surface area contributed by atoms with E-state index in [1.54, 1.807) is 10.6 Å². The highest BCUT2D eigenvalue weighted by Gasteiger charge is 2.11. The molecule has 19 heavy (non-hydrogen) atoms. The average molecular weight is 278 g/mol. The first kappa shape index (κ1) is 13.7. The number of pyridine rings is 1. The topological polar surface area (TPSA) is 59.8 Å². The van der Waals surface area contributed by atoms with Gasteiger partial charge in [0, 0.05) is 19.3 Å². The van der Waals surface area contributed by atoms with Gasteiger partial charge in [0.1, 0.15) is 0 Å². The molecule has 0 radical (unpaired) electrons. The van der Waals surface area contributed by atoms with Crippen LogP contribution in [-0.2, 0) is 6.54 Å². The van der Waals surface area contributed by atoms with Crippen LogP contribution < -0.4 is 10.9 Å². The zero-order chi connectivity index (χ0) is 13.8. The summed E-state index contributed by atoms with van der Waals surface area (Å²) >= 11 is 1.41. The maximum atomic E-state index is 12.4. The molecule has 0 spiro atoms. The molecule has 0 aliphatic heterocycles. The molecule has 0 fully saturated rings. The zero-order valence-corrected chi connectivity index (χ0v) is 12.2. The van der Waals surface area contributed by atoms with Crippen LogP contribution >= 0.6 is 11.3 Å². The molecule has 0 saturated carbocycles. The number of anilines is 1. The largest absolute Gasteiger partial charge is 0.360 e. The van der Waals surface area contributed by atoms with E-state index in [-0.39, 0.29) is 5.56 Å². The lowest BCUT2D eigenvalue weighted by molar-refractivity contribution is 0.511. The van der Waals surface area contributed by atoms with Gasteiger partial charge in [0.2, 0.25) is 5.13 Å². The minimum atomic E-state index is -0.00426. The second-order valence-corrected chi connectivity index (χ2v) is 5.69. The van der Waals surface area contributed by atoms with Crippen molar-refractivity contribution in [1.82, 2.24) is 14.8 Å². The van der Waals surface area contributed by atoms with Gasteiger partial charge in [0.25, 0.3) is 5.56 Å². The Morgan fingerprint density at radius 2 is 2.21 bits per heavy atom. The monoisotopic (exact) mass is 278 g/mol. The molecule has 2 rings (SSSR count). The van der Waals surface area contributed by atoms with Gasteiger partial charge in [-0.05, 0) is 25.0 Å². The quantitative estimate of drug-likeness (QED) is 0.912. The normalized spacial score (nSPS) is 10.9. The SMILES string of the molecule is CCNc1nnc(-c2cccn(CC(C)C)c2=O)s1. The van der Waals surface area contributed by atoms with Crippen LogP contribution in [0.1, 0.15) is 20.8 Å². The van der Waals surface area contributed by atoms with Crippen molar-refractivity contribution in [2.24, 2.45) is 5.92 Å². The Kier molecular flexibility index (Phi) is 4.31. The molecule has 5 nitrogen and oxygen atoms in total. The van der Waals surface area contributed by atoms with E-state index in [1.807, 2.05) is 19.2 Å². The number of hydrogen-bond acceptors (Lipinski definition) is 5. The molecule has 0 amide bonds. The van der Waals surface area contributed by atoms with E-state index in [0.29, 0.717) is 23.0 Å². The van der Waals surface area contributed by atoms with Crippen LogP contribution in [-0.4, -0.2) is 21.3 Å². The number of rotatable bonds is 5. The first-order valence-corrected chi connectivity index (χ1v) is 7.20. The number of nitrogens with zero attached hydrogens (tertiary/aromatic N) is 3. The Balaban J connectivity index is 2.36. The van der Waals surface area contributed by atoms with Gasteiger partial charge in [-0.15, -0.1) is 10.2 Å². The molecule has 0 aliphatic carbocycles. The van der Waals surface area contributed by atoms with Crippen molar-refractivity contribution < 1.29 is 0 Å². The molecule has 0 aliphatic rings. The first-order valence-electron chi connectivity index (χ1n) is 6.39. The summed E-state index contributed by atoms with van der Waals surface area (Å²) in [5.74, 6) is 0.430. The van der Waals surface area contributed by atoms with Gasteiger partial charge in [-0.1, -0.05) is 25.2 Å². The van der Waals surface area contributed by atoms with E-state index in [2.05, 4.69) is 29.4 Å². The molecule has 102 valence electrons. The standard InChI is InChI=1S/C13H18N4OS/c1-4-14-13-16-15-11(19-13)10-6-5-7-17(12(10)18)8-9(2)3/h5-7,9H,4,8H2,1-3H3,(H,14,16). The molecule has 2 aromatic rings. The second kappa shape index (κ2) is 5.97. The minimum absolute atomic E-state index is 0.00426. The van der Waals surface area contributed by atoms with Crippen LogP contribution in [0.25, 0.3) is 10.6 Å². The molecule has 0 aromatic carbocycles. The summed E-state index contributed by atoms with van der Waals surface area (Å²) in [5, 5.41) is 12.6. The Morgan fingerprint density at radius 3 is 2.89 bits per heavy atom. The molecule has 2 aromatic heterocycles. The molecule has 6 heteroatoms.